The first-order valence-electron chi connectivity index (χ1n) is 7.82. The van der Waals surface area contributed by atoms with Crippen molar-refractivity contribution >= 4 is 11.5 Å². The lowest BCUT2D eigenvalue weighted by Gasteiger charge is -2.08. The Balaban J connectivity index is 1.65. The molecule has 0 amide bonds. The van der Waals surface area contributed by atoms with E-state index in [1.165, 1.54) is 0 Å². The van der Waals surface area contributed by atoms with Gasteiger partial charge in [0.2, 0.25) is 6.79 Å². The molecule has 0 radical (unpaired) electrons. The molecule has 2 aromatic heterocycles. The van der Waals surface area contributed by atoms with Crippen LogP contribution in [0, 0.1) is 0 Å². The molecule has 124 valence electrons. The predicted molar refractivity (Wildman–Crippen MR) is 89.5 cm³/mol. The maximum atomic E-state index is 5.46. The number of rotatable bonds is 6. The van der Waals surface area contributed by atoms with Crippen molar-refractivity contribution in [3.05, 3.63) is 36.8 Å². The average molecular weight is 326 g/mol. The molecule has 0 bridgehead atoms. The van der Waals surface area contributed by atoms with Gasteiger partial charge in [-0.2, -0.15) is 0 Å². The Labute approximate surface area is 139 Å². The van der Waals surface area contributed by atoms with Gasteiger partial charge in [-0.3, -0.25) is 4.40 Å². The van der Waals surface area contributed by atoms with Gasteiger partial charge in [0.05, 0.1) is 11.9 Å². The second-order valence-electron chi connectivity index (χ2n) is 5.45. The normalized spacial score (nSPS) is 12.7. The number of hydrogen-bond acceptors (Lipinski definition) is 6. The summed E-state index contributed by atoms with van der Waals surface area (Å²) < 4.78 is 17.9. The Morgan fingerprint density at radius 1 is 1.25 bits per heavy atom. The van der Waals surface area contributed by atoms with Crippen molar-refractivity contribution in [3.63, 3.8) is 0 Å². The van der Waals surface area contributed by atoms with E-state index in [1.54, 1.807) is 13.3 Å². The molecule has 3 aromatic rings. The van der Waals surface area contributed by atoms with Crippen LogP contribution in [0.4, 0.5) is 5.82 Å². The van der Waals surface area contributed by atoms with Crippen LogP contribution in [0.1, 0.15) is 6.42 Å². The number of anilines is 1. The second-order valence-corrected chi connectivity index (χ2v) is 5.45. The van der Waals surface area contributed by atoms with Gasteiger partial charge in [0.1, 0.15) is 0 Å². The third-order valence-electron chi connectivity index (χ3n) is 3.91. The summed E-state index contributed by atoms with van der Waals surface area (Å²) in [6.45, 7) is 1.77. The minimum absolute atomic E-state index is 0.269. The van der Waals surface area contributed by atoms with Crippen LogP contribution in [0.15, 0.2) is 36.8 Å². The van der Waals surface area contributed by atoms with E-state index in [9.17, 15) is 0 Å². The highest BCUT2D eigenvalue weighted by atomic mass is 16.7. The summed E-state index contributed by atoms with van der Waals surface area (Å²) in [5, 5.41) is 3.31. The first kappa shape index (κ1) is 14.8. The highest BCUT2D eigenvalue weighted by Gasteiger charge is 2.16. The zero-order chi connectivity index (χ0) is 16.4. The number of nitrogens with zero attached hydrogens (tertiary/aromatic N) is 3. The fourth-order valence-electron chi connectivity index (χ4n) is 2.74. The van der Waals surface area contributed by atoms with Gasteiger partial charge >= 0.3 is 0 Å². The molecule has 1 aliphatic rings. The highest BCUT2D eigenvalue weighted by molar-refractivity contribution is 5.72. The molecular formula is C17H18N4O3. The van der Waals surface area contributed by atoms with E-state index in [1.807, 2.05) is 35.0 Å². The fraction of sp³-hybridized carbons (Fsp3) is 0.294. The predicted octanol–water partition coefficient (Wildman–Crippen LogP) is 2.57. The van der Waals surface area contributed by atoms with E-state index in [0.717, 1.165) is 47.2 Å². The molecule has 0 fully saturated rings. The molecule has 0 saturated carbocycles. The number of hydrogen-bond donors (Lipinski definition) is 1. The Morgan fingerprint density at radius 2 is 2.17 bits per heavy atom. The number of ether oxygens (including phenoxy) is 3. The van der Waals surface area contributed by atoms with E-state index < -0.39 is 0 Å². The van der Waals surface area contributed by atoms with E-state index in [0.29, 0.717) is 6.61 Å². The molecule has 24 heavy (non-hydrogen) atoms. The summed E-state index contributed by atoms with van der Waals surface area (Å²) >= 11 is 0. The topological polar surface area (TPSA) is 69.9 Å². The van der Waals surface area contributed by atoms with Crippen LogP contribution in [0.2, 0.25) is 0 Å². The maximum absolute atomic E-state index is 5.46. The van der Waals surface area contributed by atoms with E-state index in [-0.39, 0.29) is 6.79 Å². The lowest BCUT2D eigenvalue weighted by molar-refractivity contribution is 0.174. The smallest absolute Gasteiger partial charge is 0.231 e. The van der Waals surface area contributed by atoms with E-state index in [4.69, 9.17) is 14.2 Å². The molecule has 0 spiro atoms. The molecule has 1 aromatic carbocycles. The van der Waals surface area contributed by atoms with Crippen LogP contribution >= 0.6 is 0 Å². The van der Waals surface area contributed by atoms with Crippen molar-refractivity contribution in [2.24, 2.45) is 0 Å². The van der Waals surface area contributed by atoms with Crippen molar-refractivity contribution in [1.82, 2.24) is 14.4 Å². The van der Waals surface area contributed by atoms with Crippen LogP contribution in [0.25, 0.3) is 16.9 Å². The van der Waals surface area contributed by atoms with Crippen molar-refractivity contribution in [3.8, 4) is 22.8 Å². The summed E-state index contributed by atoms with van der Waals surface area (Å²) in [5.41, 5.74) is 2.79. The summed E-state index contributed by atoms with van der Waals surface area (Å²) in [6, 6.07) is 5.89. The van der Waals surface area contributed by atoms with Crippen LogP contribution in [0.3, 0.4) is 0 Å². The van der Waals surface area contributed by atoms with Crippen molar-refractivity contribution in [2.75, 3.05) is 32.4 Å². The Kier molecular flexibility index (Phi) is 3.92. The molecule has 3 heterocycles. The van der Waals surface area contributed by atoms with Gasteiger partial charge in [-0.05, 0) is 24.6 Å². The largest absolute Gasteiger partial charge is 0.454 e. The van der Waals surface area contributed by atoms with Crippen LogP contribution in [-0.4, -0.2) is 41.4 Å². The van der Waals surface area contributed by atoms with Crippen LogP contribution < -0.4 is 14.8 Å². The van der Waals surface area contributed by atoms with Gasteiger partial charge in [-0.1, -0.05) is 0 Å². The molecular weight excluding hydrogens is 308 g/mol. The van der Waals surface area contributed by atoms with Crippen LogP contribution in [-0.2, 0) is 4.74 Å². The van der Waals surface area contributed by atoms with Gasteiger partial charge in [0.25, 0.3) is 0 Å². The lowest BCUT2D eigenvalue weighted by Crippen LogP contribution is -2.07. The van der Waals surface area contributed by atoms with Gasteiger partial charge in [0.15, 0.2) is 23.0 Å². The number of methoxy groups -OCH3 is 1. The van der Waals surface area contributed by atoms with Crippen LogP contribution in [0.5, 0.6) is 11.5 Å². The highest BCUT2D eigenvalue weighted by Crippen LogP contribution is 2.36. The van der Waals surface area contributed by atoms with Gasteiger partial charge in [0, 0.05) is 38.2 Å². The zero-order valence-corrected chi connectivity index (χ0v) is 13.4. The molecule has 1 N–H and O–H groups in total. The quantitative estimate of drug-likeness (QED) is 0.702. The molecule has 0 unspecified atom stereocenters. The summed E-state index contributed by atoms with van der Waals surface area (Å²) in [6.07, 6.45) is 6.43. The monoisotopic (exact) mass is 326 g/mol. The standard InChI is InChI=1S/C17H18N4O3/c1-22-8-2-5-18-16-17-20-10-13(21(17)7-6-19-16)12-3-4-14-15(9-12)24-11-23-14/h3-4,6-7,9-10H,2,5,8,11H2,1H3,(H,18,19). The molecule has 7 heteroatoms. The molecule has 0 atom stereocenters. The second kappa shape index (κ2) is 6.37. The first-order valence-corrected chi connectivity index (χ1v) is 7.82. The number of benzene rings is 1. The molecule has 7 nitrogen and oxygen atoms in total. The van der Waals surface area contributed by atoms with E-state index >= 15 is 0 Å². The average Bonchev–Trinajstić information content (AvgIpc) is 3.24. The lowest BCUT2D eigenvalue weighted by atomic mass is 10.1. The fourth-order valence-corrected chi connectivity index (χ4v) is 2.74. The number of imidazole rings is 1. The van der Waals surface area contributed by atoms with Crippen molar-refractivity contribution < 1.29 is 14.2 Å². The van der Waals surface area contributed by atoms with Crippen molar-refractivity contribution in [2.45, 2.75) is 6.42 Å². The van der Waals surface area contributed by atoms with Crippen molar-refractivity contribution in [1.29, 1.82) is 0 Å². The van der Waals surface area contributed by atoms with Gasteiger partial charge in [-0.25, -0.2) is 9.97 Å². The van der Waals surface area contributed by atoms with Gasteiger partial charge in [-0.15, -0.1) is 0 Å². The number of aromatic nitrogens is 3. The van der Waals surface area contributed by atoms with Gasteiger partial charge < -0.3 is 19.5 Å². The molecule has 1 aliphatic heterocycles. The number of nitrogens with one attached hydrogen (secondary N) is 1. The summed E-state index contributed by atoms with van der Waals surface area (Å²) in [7, 11) is 1.70. The Morgan fingerprint density at radius 3 is 3.08 bits per heavy atom. The minimum atomic E-state index is 0.269. The third-order valence-corrected chi connectivity index (χ3v) is 3.91. The summed E-state index contributed by atoms with van der Waals surface area (Å²) in [5.74, 6) is 2.30. The molecule has 0 aliphatic carbocycles. The Bertz CT molecular complexity index is 862. The minimum Gasteiger partial charge on any atom is -0.454 e. The maximum Gasteiger partial charge on any atom is 0.231 e. The summed E-state index contributed by atoms with van der Waals surface area (Å²) in [4.78, 5) is 8.91. The number of fused-ring (bicyclic) bond motifs is 2. The first-order chi connectivity index (χ1) is 11.9. The van der Waals surface area contributed by atoms with E-state index in [2.05, 4.69) is 15.3 Å². The Hall–Kier alpha value is -2.80. The molecule has 4 rings (SSSR count). The SMILES string of the molecule is COCCCNc1nccn2c(-c3ccc4c(c3)OCO4)cnc12. The zero-order valence-electron chi connectivity index (χ0n) is 13.4. The third kappa shape index (κ3) is 2.63. The molecule has 0 saturated heterocycles.